The van der Waals surface area contributed by atoms with E-state index in [1.807, 2.05) is 6.07 Å². The zero-order valence-electron chi connectivity index (χ0n) is 10.7. The Morgan fingerprint density at radius 1 is 1.15 bits per heavy atom. The number of nitrogens with zero attached hydrogens (tertiary/aromatic N) is 1. The third kappa shape index (κ3) is 1.62. The van der Waals surface area contributed by atoms with Crippen LogP contribution in [0.15, 0.2) is 23.1 Å². The number of hydrogen-bond acceptors (Lipinski definition) is 3. The average Bonchev–Trinajstić information content (AvgIpc) is 2.30. The third-order valence-corrected chi connectivity index (χ3v) is 6.94. The Labute approximate surface area is 116 Å². The molecule has 0 unspecified atom stereocenters. The topological polar surface area (TPSA) is 57.9 Å². The molecule has 2 saturated carbocycles. The lowest BCUT2D eigenvalue weighted by Crippen LogP contribution is -2.58. The maximum Gasteiger partial charge on any atom is 0.197 e. The largest absolute Gasteiger partial charge is 0.222 e. The van der Waals surface area contributed by atoms with Gasteiger partial charge in [-0.25, -0.2) is 17.2 Å². The second-order valence-electron chi connectivity index (χ2n) is 5.89. The van der Waals surface area contributed by atoms with Crippen LogP contribution >= 0.6 is 0 Å². The van der Waals surface area contributed by atoms with E-state index < -0.39 is 26.2 Å². The van der Waals surface area contributed by atoms with Crippen molar-refractivity contribution in [3.63, 3.8) is 0 Å². The Kier molecular flexibility index (Phi) is 2.71. The van der Waals surface area contributed by atoms with Gasteiger partial charge in [0.2, 0.25) is 0 Å². The monoisotopic (exact) mass is 297 g/mol. The first-order valence-electron chi connectivity index (χ1n) is 6.45. The van der Waals surface area contributed by atoms with Gasteiger partial charge in [0.05, 0.1) is 11.0 Å². The van der Waals surface area contributed by atoms with E-state index in [1.165, 1.54) is 0 Å². The predicted octanol–water partition coefficient (Wildman–Crippen LogP) is 2.96. The summed E-state index contributed by atoms with van der Waals surface area (Å²) < 4.78 is 49.8. The van der Waals surface area contributed by atoms with E-state index in [9.17, 15) is 22.5 Å². The molecule has 106 valence electrons. The molecular formula is C14H13F2NO2S. The van der Waals surface area contributed by atoms with E-state index in [0.29, 0.717) is 18.9 Å². The molecule has 0 heterocycles. The van der Waals surface area contributed by atoms with Crippen LogP contribution in [0.3, 0.4) is 0 Å². The number of rotatable bonds is 2. The molecule has 2 aliphatic carbocycles. The molecule has 0 aromatic heterocycles. The predicted molar refractivity (Wildman–Crippen MR) is 67.4 cm³/mol. The molecule has 1 aromatic rings. The fourth-order valence-corrected chi connectivity index (χ4v) is 5.46. The maximum absolute atomic E-state index is 13.2. The van der Waals surface area contributed by atoms with Crippen molar-refractivity contribution in [2.75, 3.05) is 0 Å². The highest BCUT2D eigenvalue weighted by Gasteiger charge is 2.64. The number of nitriles is 1. The molecule has 0 N–H and O–H groups in total. The summed E-state index contributed by atoms with van der Waals surface area (Å²) in [6, 6.07) is 4.38. The van der Waals surface area contributed by atoms with Crippen molar-refractivity contribution in [3.05, 3.63) is 29.8 Å². The fraction of sp³-hybridized carbons (Fsp3) is 0.500. The van der Waals surface area contributed by atoms with Gasteiger partial charge < -0.3 is 0 Å². The standard InChI is InChI=1S/C14H13F2NO2S/c15-11-3-2-10(6-12(11)16)20(18,19)14(9-17)7-13(8-14)4-1-5-13/h2-3,6H,1,4-5,7-8H2. The van der Waals surface area contributed by atoms with E-state index in [2.05, 4.69) is 0 Å². The van der Waals surface area contributed by atoms with Crippen molar-refractivity contribution < 1.29 is 17.2 Å². The zero-order valence-corrected chi connectivity index (χ0v) is 11.5. The third-order valence-electron chi connectivity index (χ3n) is 4.65. The first-order chi connectivity index (χ1) is 9.34. The minimum absolute atomic E-state index is 0.0125. The lowest BCUT2D eigenvalue weighted by atomic mass is 9.52. The van der Waals surface area contributed by atoms with Crippen LogP contribution in [0.2, 0.25) is 0 Å². The van der Waals surface area contributed by atoms with Crippen LogP contribution in [0, 0.1) is 28.4 Å². The van der Waals surface area contributed by atoms with Crippen molar-refractivity contribution in [2.24, 2.45) is 5.41 Å². The molecule has 1 aromatic carbocycles. The van der Waals surface area contributed by atoms with Gasteiger partial charge >= 0.3 is 0 Å². The van der Waals surface area contributed by atoms with Gasteiger partial charge in [0.15, 0.2) is 26.2 Å². The summed E-state index contributed by atoms with van der Waals surface area (Å²) in [4.78, 5) is -0.313. The molecule has 0 radical (unpaired) electrons. The fourth-order valence-electron chi connectivity index (χ4n) is 3.39. The van der Waals surface area contributed by atoms with Crippen molar-refractivity contribution in [1.82, 2.24) is 0 Å². The quantitative estimate of drug-likeness (QED) is 0.789. The van der Waals surface area contributed by atoms with E-state index >= 15 is 0 Å². The van der Waals surface area contributed by atoms with E-state index in [4.69, 9.17) is 0 Å². The van der Waals surface area contributed by atoms with Crippen LogP contribution in [0.25, 0.3) is 0 Å². The van der Waals surface area contributed by atoms with Crippen LogP contribution in [0.1, 0.15) is 32.1 Å². The number of halogens is 2. The van der Waals surface area contributed by atoms with Crippen LogP contribution in [-0.4, -0.2) is 13.2 Å². The summed E-state index contributed by atoms with van der Waals surface area (Å²) in [5, 5.41) is 9.31. The van der Waals surface area contributed by atoms with E-state index in [-0.39, 0.29) is 10.3 Å². The summed E-state index contributed by atoms with van der Waals surface area (Å²) in [6.07, 6.45) is 3.57. The van der Waals surface area contributed by atoms with E-state index in [0.717, 1.165) is 31.4 Å². The molecular weight excluding hydrogens is 284 g/mol. The maximum atomic E-state index is 13.2. The van der Waals surface area contributed by atoms with Crippen molar-refractivity contribution in [2.45, 2.75) is 41.7 Å². The lowest BCUT2D eigenvalue weighted by molar-refractivity contribution is 0.0115. The summed E-state index contributed by atoms with van der Waals surface area (Å²) >= 11 is 0. The molecule has 20 heavy (non-hydrogen) atoms. The van der Waals surface area contributed by atoms with Crippen LogP contribution in [0.5, 0.6) is 0 Å². The van der Waals surface area contributed by atoms with Gasteiger partial charge in [-0.05, 0) is 49.3 Å². The molecule has 0 aliphatic heterocycles. The highest BCUT2D eigenvalue weighted by atomic mass is 32.2. The Balaban J connectivity index is 1.99. The number of sulfone groups is 1. The first-order valence-corrected chi connectivity index (χ1v) is 7.94. The van der Waals surface area contributed by atoms with Crippen molar-refractivity contribution in [1.29, 1.82) is 5.26 Å². The van der Waals surface area contributed by atoms with Gasteiger partial charge in [0.25, 0.3) is 0 Å². The summed E-state index contributed by atoms with van der Waals surface area (Å²) in [5.41, 5.74) is -0.0125. The molecule has 2 fully saturated rings. The lowest BCUT2D eigenvalue weighted by Gasteiger charge is -2.57. The highest BCUT2D eigenvalue weighted by molar-refractivity contribution is 7.93. The Morgan fingerprint density at radius 3 is 2.25 bits per heavy atom. The number of benzene rings is 1. The molecule has 0 saturated heterocycles. The summed E-state index contributed by atoms with van der Waals surface area (Å²) in [5.74, 6) is -2.31. The van der Waals surface area contributed by atoms with Gasteiger partial charge in [-0.1, -0.05) is 6.42 Å². The SMILES string of the molecule is N#CC1(S(=O)(=O)c2ccc(F)c(F)c2)CC2(CCC2)C1. The van der Waals surface area contributed by atoms with Crippen LogP contribution < -0.4 is 0 Å². The molecule has 3 rings (SSSR count). The first kappa shape index (κ1) is 13.5. The van der Waals surface area contributed by atoms with Gasteiger partial charge in [-0.15, -0.1) is 0 Å². The second-order valence-corrected chi connectivity index (χ2v) is 8.15. The molecule has 0 amide bonds. The van der Waals surface area contributed by atoms with Crippen molar-refractivity contribution >= 4 is 9.84 Å². The van der Waals surface area contributed by atoms with Gasteiger partial charge in [0.1, 0.15) is 0 Å². The van der Waals surface area contributed by atoms with Crippen LogP contribution in [0.4, 0.5) is 8.78 Å². The Morgan fingerprint density at radius 2 is 1.80 bits per heavy atom. The Hall–Kier alpha value is -1.48. The molecule has 0 bridgehead atoms. The highest BCUT2D eigenvalue weighted by Crippen LogP contribution is 2.63. The molecule has 1 spiro atoms. The van der Waals surface area contributed by atoms with Gasteiger partial charge in [-0.3, -0.25) is 0 Å². The van der Waals surface area contributed by atoms with Crippen molar-refractivity contribution in [3.8, 4) is 6.07 Å². The minimum Gasteiger partial charge on any atom is -0.222 e. The van der Waals surface area contributed by atoms with E-state index in [1.54, 1.807) is 0 Å². The number of hydrogen-bond donors (Lipinski definition) is 0. The summed E-state index contributed by atoms with van der Waals surface area (Å²) in [7, 11) is -3.97. The molecule has 0 atom stereocenters. The summed E-state index contributed by atoms with van der Waals surface area (Å²) in [6.45, 7) is 0. The second kappa shape index (κ2) is 4.01. The average molecular weight is 297 g/mol. The van der Waals surface area contributed by atoms with Gasteiger partial charge in [0, 0.05) is 0 Å². The van der Waals surface area contributed by atoms with Crippen LogP contribution in [-0.2, 0) is 9.84 Å². The molecule has 6 heteroatoms. The molecule has 3 nitrogen and oxygen atoms in total. The Bertz CT molecular complexity index is 709. The smallest absolute Gasteiger partial charge is 0.197 e. The molecule has 2 aliphatic rings. The zero-order chi connectivity index (χ0) is 14.6. The normalized spacial score (nSPS) is 22.6. The minimum atomic E-state index is -3.97. The van der Waals surface area contributed by atoms with Gasteiger partial charge in [-0.2, -0.15) is 5.26 Å².